The van der Waals surface area contributed by atoms with Crippen LogP contribution in [0.3, 0.4) is 0 Å². The van der Waals surface area contributed by atoms with Crippen LogP contribution in [0.1, 0.15) is 17.4 Å². The molecule has 3 rings (SSSR count). The van der Waals surface area contributed by atoms with E-state index in [1.807, 2.05) is 28.8 Å². The molecule has 0 aliphatic carbocycles. The van der Waals surface area contributed by atoms with Crippen LogP contribution >= 0.6 is 0 Å². The van der Waals surface area contributed by atoms with Gasteiger partial charge in [-0.2, -0.15) is 0 Å². The summed E-state index contributed by atoms with van der Waals surface area (Å²) in [5.74, 6) is 1.14. The van der Waals surface area contributed by atoms with Crippen molar-refractivity contribution in [2.75, 3.05) is 26.7 Å². The summed E-state index contributed by atoms with van der Waals surface area (Å²) in [6.07, 6.45) is 7.37. The van der Waals surface area contributed by atoms with Crippen LogP contribution in [0.4, 0.5) is 0 Å². The van der Waals surface area contributed by atoms with Gasteiger partial charge in [-0.05, 0) is 18.7 Å². The second kappa shape index (κ2) is 5.73. The Kier molecular flexibility index (Phi) is 3.79. The Bertz CT molecular complexity index is 605. The number of hydrogen-bond acceptors (Lipinski definition) is 4. The monoisotopic (exact) mass is 288 g/mol. The molecular formula is C15H20N4O2. The van der Waals surface area contributed by atoms with Crippen molar-refractivity contribution in [2.45, 2.75) is 12.5 Å². The lowest BCUT2D eigenvalue weighted by molar-refractivity contribution is -0.133. The van der Waals surface area contributed by atoms with Crippen LogP contribution in [0.25, 0.3) is 0 Å². The first-order valence-electron chi connectivity index (χ1n) is 7.11. The van der Waals surface area contributed by atoms with Gasteiger partial charge in [0.1, 0.15) is 5.82 Å². The highest BCUT2D eigenvalue weighted by molar-refractivity contribution is 5.78. The van der Waals surface area contributed by atoms with Crippen LogP contribution in [-0.4, -0.2) is 51.9 Å². The molecule has 2 aromatic rings. The molecule has 112 valence electrons. The SMILES string of the molecule is CN1CCN(C(=O)Cc2ccoc2)C[C@H]1c1nccn1C. The van der Waals surface area contributed by atoms with Gasteiger partial charge < -0.3 is 13.9 Å². The van der Waals surface area contributed by atoms with Crippen LogP contribution in [0.2, 0.25) is 0 Å². The van der Waals surface area contributed by atoms with Gasteiger partial charge in [0.15, 0.2) is 0 Å². The first-order chi connectivity index (χ1) is 10.1. The predicted molar refractivity (Wildman–Crippen MR) is 77.6 cm³/mol. The fraction of sp³-hybridized carbons (Fsp3) is 0.467. The molecule has 6 nitrogen and oxygen atoms in total. The zero-order valence-electron chi connectivity index (χ0n) is 12.4. The van der Waals surface area contributed by atoms with Gasteiger partial charge in [0.25, 0.3) is 0 Å². The van der Waals surface area contributed by atoms with Crippen molar-refractivity contribution in [3.63, 3.8) is 0 Å². The van der Waals surface area contributed by atoms with E-state index in [-0.39, 0.29) is 11.9 Å². The van der Waals surface area contributed by atoms with E-state index < -0.39 is 0 Å². The molecule has 1 atom stereocenters. The van der Waals surface area contributed by atoms with Gasteiger partial charge in [-0.15, -0.1) is 0 Å². The van der Waals surface area contributed by atoms with Crippen molar-refractivity contribution in [3.8, 4) is 0 Å². The van der Waals surface area contributed by atoms with Crippen molar-refractivity contribution in [3.05, 3.63) is 42.4 Å². The van der Waals surface area contributed by atoms with Crippen molar-refractivity contribution in [2.24, 2.45) is 7.05 Å². The Morgan fingerprint density at radius 2 is 2.29 bits per heavy atom. The molecular weight excluding hydrogens is 268 g/mol. The quantitative estimate of drug-likeness (QED) is 0.848. The lowest BCUT2D eigenvalue weighted by Gasteiger charge is -2.39. The van der Waals surface area contributed by atoms with Gasteiger partial charge in [-0.3, -0.25) is 9.69 Å². The molecule has 6 heteroatoms. The van der Waals surface area contributed by atoms with Crippen LogP contribution in [0.5, 0.6) is 0 Å². The Balaban J connectivity index is 1.70. The highest BCUT2D eigenvalue weighted by Gasteiger charge is 2.30. The molecule has 2 aromatic heterocycles. The molecule has 0 unspecified atom stereocenters. The Morgan fingerprint density at radius 3 is 2.95 bits per heavy atom. The number of imidazole rings is 1. The number of carbonyl (C=O) groups is 1. The highest BCUT2D eigenvalue weighted by atomic mass is 16.3. The topological polar surface area (TPSA) is 54.5 Å². The number of amides is 1. The number of furan rings is 1. The average Bonchev–Trinajstić information content (AvgIpc) is 3.11. The number of hydrogen-bond donors (Lipinski definition) is 0. The van der Waals surface area contributed by atoms with Gasteiger partial charge >= 0.3 is 0 Å². The minimum atomic E-state index is 0.142. The summed E-state index contributed by atoms with van der Waals surface area (Å²) in [6.45, 7) is 2.29. The molecule has 1 aliphatic rings. The molecule has 0 aromatic carbocycles. The maximum absolute atomic E-state index is 12.4. The fourth-order valence-corrected chi connectivity index (χ4v) is 2.76. The van der Waals surface area contributed by atoms with Crippen LogP contribution in [0.15, 0.2) is 35.4 Å². The normalized spacial score (nSPS) is 19.9. The van der Waals surface area contributed by atoms with E-state index in [4.69, 9.17) is 4.42 Å². The smallest absolute Gasteiger partial charge is 0.227 e. The number of carbonyl (C=O) groups excluding carboxylic acids is 1. The standard InChI is InChI=1S/C15H20N4O2/c1-17-6-7-19(14(20)9-12-3-8-21-11-12)10-13(17)15-16-4-5-18(15)2/h3-5,8,11,13H,6-7,9-10H2,1-2H3/t13-/m0/s1. The number of nitrogens with zero attached hydrogens (tertiary/aromatic N) is 4. The number of aryl methyl sites for hydroxylation is 1. The van der Waals surface area contributed by atoms with Gasteiger partial charge in [0, 0.05) is 39.1 Å². The molecule has 0 radical (unpaired) electrons. The van der Waals surface area contributed by atoms with E-state index in [0.29, 0.717) is 13.0 Å². The molecule has 3 heterocycles. The second-order valence-electron chi connectivity index (χ2n) is 5.54. The molecule has 21 heavy (non-hydrogen) atoms. The zero-order valence-corrected chi connectivity index (χ0v) is 12.4. The van der Waals surface area contributed by atoms with Gasteiger partial charge in [-0.1, -0.05) is 0 Å². The Labute approximate surface area is 124 Å². The molecule has 0 N–H and O–H groups in total. The lowest BCUT2D eigenvalue weighted by Crippen LogP contribution is -2.50. The zero-order chi connectivity index (χ0) is 14.8. The summed E-state index contributed by atoms with van der Waals surface area (Å²) in [7, 11) is 4.07. The van der Waals surface area contributed by atoms with E-state index in [1.54, 1.807) is 18.7 Å². The molecule has 1 aliphatic heterocycles. The summed E-state index contributed by atoms with van der Waals surface area (Å²) >= 11 is 0. The minimum Gasteiger partial charge on any atom is -0.472 e. The van der Waals surface area contributed by atoms with Crippen LogP contribution in [0, 0.1) is 0 Å². The Morgan fingerprint density at radius 1 is 1.43 bits per heavy atom. The van der Waals surface area contributed by atoms with Gasteiger partial charge in [0.05, 0.1) is 25.0 Å². The molecule has 0 bridgehead atoms. The predicted octanol–water partition coefficient (Wildman–Crippen LogP) is 1.07. The third kappa shape index (κ3) is 2.85. The average molecular weight is 288 g/mol. The van der Waals surface area contributed by atoms with E-state index in [2.05, 4.69) is 16.9 Å². The maximum atomic E-state index is 12.4. The number of piperazine rings is 1. The fourth-order valence-electron chi connectivity index (χ4n) is 2.76. The van der Waals surface area contributed by atoms with Crippen molar-refractivity contribution in [1.29, 1.82) is 0 Å². The summed E-state index contributed by atoms with van der Waals surface area (Å²) in [5, 5.41) is 0. The summed E-state index contributed by atoms with van der Waals surface area (Å²) < 4.78 is 7.04. The van der Waals surface area contributed by atoms with Gasteiger partial charge in [0.2, 0.25) is 5.91 Å². The van der Waals surface area contributed by atoms with E-state index in [9.17, 15) is 4.79 Å². The van der Waals surface area contributed by atoms with Crippen molar-refractivity contribution in [1.82, 2.24) is 19.4 Å². The molecule has 1 saturated heterocycles. The van der Waals surface area contributed by atoms with Crippen molar-refractivity contribution >= 4 is 5.91 Å². The molecule has 1 amide bonds. The first kappa shape index (κ1) is 13.9. The third-order valence-corrected chi connectivity index (χ3v) is 4.09. The second-order valence-corrected chi connectivity index (χ2v) is 5.54. The van der Waals surface area contributed by atoms with E-state index in [1.165, 1.54) is 0 Å². The largest absolute Gasteiger partial charge is 0.472 e. The molecule has 1 fully saturated rings. The lowest BCUT2D eigenvalue weighted by atomic mass is 10.1. The van der Waals surface area contributed by atoms with E-state index in [0.717, 1.165) is 24.5 Å². The minimum absolute atomic E-state index is 0.142. The summed E-state index contributed by atoms with van der Waals surface area (Å²) in [4.78, 5) is 21.0. The van der Waals surface area contributed by atoms with Crippen LogP contribution < -0.4 is 0 Å². The molecule has 0 saturated carbocycles. The Hall–Kier alpha value is -2.08. The number of rotatable bonds is 3. The van der Waals surface area contributed by atoms with Crippen LogP contribution in [-0.2, 0) is 18.3 Å². The van der Waals surface area contributed by atoms with Gasteiger partial charge in [-0.25, -0.2) is 4.98 Å². The third-order valence-electron chi connectivity index (χ3n) is 4.09. The first-order valence-corrected chi connectivity index (χ1v) is 7.11. The number of likely N-dealkylation sites (N-methyl/N-ethyl adjacent to an activating group) is 1. The van der Waals surface area contributed by atoms with E-state index >= 15 is 0 Å². The summed E-state index contributed by atoms with van der Waals surface area (Å²) in [6, 6.07) is 1.98. The maximum Gasteiger partial charge on any atom is 0.227 e. The van der Waals surface area contributed by atoms with Crippen molar-refractivity contribution < 1.29 is 9.21 Å². The summed E-state index contributed by atoms with van der Waals surface area (Å²) in [5.41, 5.74) is 0.924. The molecule has 0 spiro atoms. The highest BCUT2D eigenvalue weighted by Crippen LogP contribution is 2.22. The number of aromatic nitrogens is 2.